The van der Waals surface area contributed by atoms with Crippen molar-refractivity contribution in [2.75, 3.05) is 24.2 Å². The molecule has 1 atom stereocenters. The molecule has 1 aliphatic heterocycles. The molecular weight excluding hydrogens is 260 g/mol. The second-order valence-corrected chi connectivity index (χ2v) is 5.91. The summed E-state index contributed by atoms with van der Waals surface area (Å²) < 4.78 is 0. The number of nitrogens with one attached hydrogen (secondary N) is 1. The molecule has 0 saturated carbocycles. The average Bonchev–Trinajstić information content (AvgIpc) is 2.41. The molecule has 0 bridgehead atoms. The number of piperidine rings is 1. The lowest BCUT2D eigenvalue weighted by atomic mass is 10.1. The monoisotopic (exact) mass is 280 g/mol. The standard InChI is InChI=1S/C14H20N2O2S/c1-2-19-13-8-4-3-7-12(13)15-14(18)16-9-5-6-11(17)10-16/h3-4,7-8,11,17H,2,5-6,9-10H2,1H3,(H,15,18)/t11-/m0/s1. The number of aliphatic hydroxyl groups excluding tert-OH is 1. The molecule has 4 nitrogen and oxygen atoms in total. The first kappa shape index (κ1) is 14.2. The number of amides is 2. The summed E-state index contributed by atoms with van der Waals surface area (Å²) in [5, 5.41) is 12.5. The highest BCUT2D eigenvalue weighted by molar-refractivity contribution is 7.99. The molecule has 1 heterocycles. The molecule has 0 aromatic heterocycles. The number of carbonyl (C=O) groups excluding carboxylic acids is 1. The average molecular weight is 280 g/mol. The van der Waals surface area contributed by atoms with Crippen molar-refractivity contribution in [1.29, 1.82) is 0 Å². The fraction of sp³-hybridized carbons (Fsp3) is 0.500. The van der Waals surface area contributed by atoms with E-state index in [1.807, 2.05) is 24.3 Å². The van der Waals surface area contributed by atoms with Gasteiger partial charge in [-0.25, -0.2) is 4.79 Å². The molecular formula is C14H20N2O2S. The number of likely N-dealkylation sites (tertiary alicyclic amines) is 1. The lowest BCUT2D eigenvalue weighted by Crippen LogP contribution is -2.44. The van der Waals surface area contributed by atoms with E-state index in [1.54, 1.807) is 16.7 Å². The van der Waals surface area contributed by atoms with Gasteiger partial charge in [-0.1, -0.05) is 19.1 Å². The van der Waals surface area contributed by atoms with Crippen LogP contribution in [-0.2, 0) is 0 Å². The maximum Gasteiger partial charge on any atom is 0.321 e. The van der Waals surface area contributed by atoms with E-state index in [0.717, 1.165) is 29.2 Å². The Bertz CT molecular complexity index is 439. The van der Waals surface area contributed by atoms with Crippen LogP contribution >= 0.6 is 11.8 Å². The van der Waals surface area contributed by atoms with Crippen molar-refractivity contribution in [2.45, 2.75) is 30.8 Å². The molecule has 2 rings (SSSR count). The molecule has 1 aromatic rings. The Labute approximate surface area is 118 Å². The minimum absolute atomic E-state index is 0.122. The first-order valence-electron chi connectivity index (χ1n) is 6.66. The number of hydrogen-bond acceptors (Lipinski definition) is 3. The van der Waals surface area contributed by atoms with Crippen molar-refractivity contribution in [3.63, 3.8) is 0 Å². The van der Waals surface area contributed by atoms with Crippen molar-refractivity contribution < 1.29 is 9.90 Å². The fourth-order valence-electron chi connectivity index (χ4n) is 2.18. The van der Waals surface area contributed by atoms with Crippen LogP contribution in [0.5, 0.6) is 0 Å². The Morgan fingerprint density at radius 2 is 2.32 bits per heavy atom. The lowest BCUT2D eigenvalue weighted by molar-refractivity contribution is 0.0883. The third-order valence-corrected chi connectivity index (χ3v) is 4.07. The highest BCUT2D eigenvalue weighted by atomic mass is 32.2. The van der Waals surface area contributed by atoms with Gasteiger partial charge in [0.15, 0.2) is 0 Å². The molecule has 1 aliphatic rings. The zero-order valence-electron chi connectivity index (χ0n) is 11.1. The number of nitrogens with zero attached hydrogens (tertiary/aromatic N) is 1. The molecule has 1 fully saturated rings. The molecule has 0 spiro atoms. The van der Waals surface area contributed by atoms with Crippen LogP contribution in [0.25, 0.3) is 0 Å². The van der Waals surface area contributed by atoms with E-state index in [-0.39, 0.29) is 12.1 Å². The van der Waals surface area contributed by atoms with Gasteiger partial charge in [0.05, 0.1) is 11.8 Å². The summed E-state index contributed by atoms with van der Waals surface area (Å²) in [6.07, 6.45) is 1.26. The summed E-state index contributed by atoms with van der Waals surface area (Å²) in [7, 11) is 0. The summed E-state index contributed by atoms with van der Waals surface area (Å²) in [5.41, 5.74) is 0.847. The molecule has 0 radical (unpaired) electrons. The normalized spacial score (nSPS) is 19.3. The molecule has 104 valence electrons. The van der Waals surface area contributed by atoms with Crippen LogP contribution in [-0.4, -0.2) is 41.0 Å². The van der Waals surface area contributed by atoms with Crippen LogP contribution in [0, 0.1) is 0 Å². The van der Waals surface area contributed by atoms with Crippen LogP contribution in [0.1, 0.15) is 19.8 Å². The number of anilines is 1. The topological polar surface area (TPSA) is 52.6 Å². The summed E-state index contributed by atoms with van der Waals surface area (Å²) >= 11 is 1.71. The Kier molecular flexibility index (Phi) is 5.10. The van der Waals surface area contributed by atoms with Gasteiger partial charge in [-0.3, -0.25) is 0 Å². The minimum atomic E-state index is -0.389. The molecule has 2 N–H and O–H groups in total. The number of para-hydroxylation sites is 1. The highest BCUT2D eigenvalue weighted by Gasteiger charge is 2.22. The van der Waals surface area contributed by atoms with Crippen molar-refractivity contribution in [3.05, 3.63) is 24.3 Å². The smallest absolute Gasteiger partial charge is 0.321 e. The van der Waals surface area contributed by atoms with E-state index in [1.165, 1.54) is 0 Å². The number of β-amino-alcohol motifs (C(OH)–C–C–N with tert-alkyl or cyclic N) is 1. The van der Waals surface area contributed by atoms with Crippen LogP contribution in [0.15, 0.2) is 29.2 Å². The number of rotatable bonds is 3. The van der Waals surface area contributed by atoms with Gasteiger partial charge in [-0.15, -0.1) is 11.8 Å². The van der Waals surface area contributed by atoms with Gasteiger partial charge >= 0.3 is 6.03 Å². The third kappa shape index (κ3) is 3.88. The second-order valence-electron chi connectivity index (χ2n) is 4.60. The predicted octanol–water partition coefficient (Wildman–Crippen LogP) is 2.79. The zero-order valence-corrected chi connectivity index (χ0v) is 11.9. The van der Waals surface area contributed by atoms with Crippen molar-refractivity contribution in [1.82, 2.24) is 4.90 Å². The molecule has 19 heavy (non-hydrogen) atoms. The van der Waals surface area contributed by atoms with E-state index in [2.05, 4.69) is 12.2 Å². The molecule has 1 aromatic carbocycles. The minimum Gasteiger partial charge on any atom is -0.391 e. The first-order valence-corrected chi connectivity index (χ1v) is 7.65. The van der Waals surface area contributed by atoms with Gasteiger partial charge in [0.25, 0.3) is 0 Å². The maximum atomic E-state index is 12.2. The summed E-state index contributed by atoms with van der Waals surface area (Å²) in [6.45, 7) is 3.23. The molecule has 1 saturated heterocycles. The van der Waals surface area contributed by atoms with Gasteiger partial charge in [-0.05, 0) is 30.7 Å². The van der Waals surface area contributed by atoms with Gasteiger partial charge in [0.1, 0.15) is 0 Å². The van der Waals surface area contributed by atoms with E-state index in [0.29, 0.717) is 13.1 Å². The number of aliphatic hydroxyl groups is 1. The quantitative estimate of drug-likeness (QED) is 0.837. The van der Waals surface area contributed by atoms with Gasteiger partial charge in [0.2, 0.25) is 0 Å². The van der Waals surface area contributed by atoms with E-state index < -0.39 is 0 Å². The largest absolute Gasteiger partial charge is 0.391 e. The molecule has 0 aliphatic carbocycles. The highest BCUT2D eigenvalue weighted by Crippen LogP contribution is 2.27. The van der Waals surface area contributed by atoms with Gasteiger partial charge < -0.3 is 15.3 Å². The fourth-order valence-corrected chi connectivity index (χ4v) is 2.95. The van der Waals surface area contributed by atoms with E-state index in [9.17, 15) is 9.90 Å². The lowest BCUT2D eigenvalue weighted by Gasteiger charge is -2.30. The zero-order chi connectivity index (χ0) is 13.7. The Hall–Kier alpha value is -1.20. The van der Waals surface area contributed by atoms with Crippen molar-refractivity contribution in [3.8, 4) is 0 Å². The van der Waals surface area contributed by atoms with Crippen LogP contribution in [0.3, 0.4) is 0 Å². The summed E-state index contributed by atoms with van der Waals surface area (Å²) in [4.78, 5) is 14.9. The number of hydrogen-bond donors (Lipinski definition) is 2. The third-order valence-electron chi connectivity index (χ3n) is 3.11. The number of urea groups is 1. The summed E-state index contributed by atoms with van der Waals surface area (Å²) in [5.74, 6) is 0.968. The molecule has 5 heteroatoms. The SMILES string of the molecule is CCSc1ccccc1NC(=O)N1CCC[C@H](O)C1. The predicted molar refractivity (Wildman–Crippen MR) is 78.7 cm³/mol. The molecule has 2 amide bonds. The Balaban J connectivity index is 2.02. The number of carbonyl (C=O) groups is 1. The maximum absolute atomic E-state index is 12.2. The van der Waals surface area contributed by atoms with E-state index in [4.69, 9.17) is 0 Å². The van der Waals surface area contributed by atoms with E-state index >= 15 is 0 Å². The number of benzene rings is 1. The second kappa shape index (κ2) is 6.82. The van der Waals surface area contributed by atoms with Crippen LogP contribution < -0.4 is 5.32 Å². The Morgan fingerprint density at radius 3 is 3.05 bits per heavy atom. The number of thioether (sulfide) groups is 1. The van der Waals surface area contributed by atoms with Crippen molar-refractivity contribution >= 4 is 23.5 Å². The van der Waals surface area contributed by atoms with Crippen LogP contribution in [0.2, 0.25) is 0 Å². The van der Waals surface area contributed by atoms with Crippen LogP contribution in [0.4, 0.5) is 10.5 Å². The van der Waals surface area contributed by atoms with Crippen molar-refractivity contribution in [2.24, 2.45) is 0 Å². The van der Waals surface area contributed by atoms with Gasteiger partial charge in [-0.2, -0.15) is 0 Å². The Morgan fingerprint density at radius 1 is 1.53 bits per heavy atom. The van der Waals surface area contributed by atoms with Gasteiger partial charge in [0, 0.05) is 18.0 Å². The molecule has 0 unspecified atom stereocenters. The summed E-state index contributed by atoms with van der Waals surface area (Å²) in [6, 6.07) is 7.69. The first-order chi connectivity index (χ1) is 9.20.